The van der Waals surface area contributed by atoms with Crippen molar-refractivity contribution in [2.24, 2.45) is 0 Å². The van der Waals surface area contributed by atoms with Crippen LogP contribution in [0.15, 0.2) is 60.8 Å². The lowest BCUT2D eigenvalue weighted by Gasteiger charge is -2.08. The third-order valence-corrected chi connectivity index (χ3v) is 5.50. The summed E-state index contributed by atoms with van der Waals surface area (Å²) in [5, 5.41) is 10.6. The minimum absolute atomic E-state index is 0.328. The Labute approximate surface area is 190 Å². The molecule has 9 heteroatoms. The molecule has 33 heavy (non-hydrogen) atoms. The van der Waals surface area contributed by atoms with Crippen LogP contribution in [0, 0.1) is 0 Å². The molecule has 0 saturated heterocycles. The number of H-pyrrole nitrogens is 1. The van der Waals surface area contributed by atoms with Gasteiger partial charge < -0.3 is 20.4 Å². The van der Waals surface area contributed by atoms with Crippen LogP contribution in [0.3, 0.4) is 0 Å². The summed E-state index contributed by atoms with van der Waals surface area (Å²) in [5.41, 5.74) is 11.4. The van der Waals surface area contributed by atoms with Gasteiger partial charge in [-0.15, -0.1) is 0 Å². The van der Waals surface area contributed by atoms with Crippen LogP contribution >= 0.6 is 0 Å². The minimum atomic E-state index is 0.328. The van der Waals surface area contributed by atoms with Crippen LogP contribution in [-0.2, 0) is 13.1 Å². The molecule has 5 aromatic rings. The lowest BCUT2D eigenvalue weighted by Crippen LogP contribution is -2.07. The second kappa shape index (κ2) is 8.62. The summed E-state index contributed by atoms with van der Waals surface area (Å²) < 4.78 is 7.29. The monoisotopic (exact) mass is 440 g/mol. The number of nitrogen functional groups attached to an aromatic ring is 1. The number of aromatic amines is 1. The van der Waals surface area contributed by atoms with Crippen molar-refractivity contribution >= 4 is 22.9 Å². The van der Waals surface area contributed by atoms with Gasteiger partial charge >= 0.3 is 0 Å². The number of rotatable bonds is 7. The van der Waals surface area contributed by atoms with E-state index in [-0.39, 0.29) is 0 Å². The highest BCUT2D eigenvalue weighted by atomic mass is 16.5. The minimum Gasteiger partial charge on any atom is -0.497 e. The van der Waals surface area contributed by atoms with Crippen molar-refractivity contribution in [3.8, 4) is 28.4 Å². The Kier molecular flexibility index (Phi) is 5.35. The van der Waals surface area contributed by atoms with Crippen LogP contribution < -0.4 is 15.8 Å². The molecule has 0 aliphatic carbocycles. The first kappa shape index (κ1) is 20.5. The molecular weight excluding hydrogens is 416 g/mol. The molecule has 0 radical (unpaired) electrons. The van der Waals surface area contributed by atoms with Crippen LogP contribution in [0.1, 0.15) is 12.5 Å². The number of aromatic nitrogens is 6. The zero-order valence-corrected chi connectivity index (χ0v) is 18.4. The number of ether oxygens (including phenoxy) is 1. The SMILES string of the molecule is CCn1c(-c2[nH]ncc2-c2ccc(OC)cc2)nc2c(N)nc(NCc3ccccc3)nc21. The van der Waals surface area contributed by atoms with E-state index in [0.717, 1.165) is 28.1 Å². The van der Waals surface area contributed by atoms with Crippen molar-refractivity contribution in [3.63, 3.8) is 0 Å². The summed E-state index contributed by atoms with van der Waals surface area (Å²) in [6.45, 7) is 3.30. The van der Waals surface area contributed by atoms with Gasteiger partial charge in [0.15, 0.2) is 22.8 Å². The Bertz CT molecular complexity index is 1390. The molecule has 0 unspecified atom stereocenters. The number of nitrogens with two attached hydrogens (primary N) is 1. The largest absolute Gasteiger partial charge is 0.497 e. The van der Waals surface area contributed by atoms with Gasteiger partial charge in [-0.1, -0.05) is 42.5 Å². The number of anilines is 2. The van der Waals surface area contributed by atoms with Gasteiger partial charge in [0, 0.05) is 18.7 Å². The van der Waals surface area contributed by atoms with Gasteiger partial charge in [0.25, 0.3) is 0 Å². The number of benzene rings is 2. The van der Waals surface area contributed by atoms with Gasteiger partial charge in [-0.25, -0.2) is 4.98 Å². The lowest BCUT2D eigenvalue weighted by molar-refractivity contribution is 0.415. The van der Waals surface area contributed by atoms with Gasteiger partial charge in [0.2, 0.25) is 5.95 Å². The van der Waals surface area contributed by atoms with Gasteiger partial charge in [-0.05, 0) is 30.2 Å². The van der Waals surface area contributed by atoms with Gasteiger partial charge in [-0.3, -0.25) is 5.10 Å². The summed E-state index contributed by atoms with van der Waals surface area (Å²) in [7, 11) is 1.65. The standard InChI is InChI=1S/C24H24N8O/c1-3-32-22(19-18(14-27-31-19)16-9-11-17(33-2)12-10-16)28-20-21(25)29-24(30-23(20)32)26-13-15-7-5-4-6-8-15/h4-12,14H,3,13H2,1-2H3,(H,27,31)(H3,25,26,29,30). The van der Waals surface area contributed by atoms with Crippen molar-refractivity contribution in [2.45, 2.75) is 20.0 Å². The first-order valence-electron chi connectivity index (χ1n) is 10.7. The van der Waals surface area contributed by atoms with Crippen molar-refractivity contribution in [3.05, 3.63) is 66.4 Å². The predicted octanol–water partition coefficient (Wildman–Crippen LogP) is 4.11. The molecular formula is C24H24N8O. The first-order chi connectivity index (χ1) is 16.2. The number of nitrogens with one attached hydrogen (secondary N) is 2. The smallest absolute Gasteiger partial charge is 0.227 e. The Balaban J connectivity index is 1.55. The fraction of sp³-hybridized carbons (Fsp3) is 0.167. The number of hydrogen-bond acceptors (Lipinski definition) is 7. The zero-order chi connectivity index (χ0) is 22.8. The number of fused-ring (bicyclic) bond motifs is 1. The first-order valence-corrected chi connectivity index (χ1v) is 10.7. The molecule has 0 bridgehead atoms. The zero-order valence-electron chi connectivity index (χ0n) is 18.4. The summed E-state index contributed by atoms with van der Waals surface area (Å²) in [6.07, 6.45) is 1.79. The van der Waals surface area contributed by atoms with E-state index in [9.17, 15) is 0 Å². The van der Waals surface area contributed by atoms with E-state index in [0.29, 0.717) is 41.8 Å². The van der Waals surface area contributed by atoms with E-state index in [1.165, 1.54) is 0 Å². The average Bonchev–Trinajstić information content (AvgIpc) is 3.48. The fourth-order valence-electron chi connectivity index (χ4n) is 3.81. The topological polar surface area (TPSA) is 120 Å². The highest BCUT2D eigenvalue weighted by Gasteiger charge is 2.21. The number of hydrogen-bond donors (Lipinski definition) is 3. The molecule has 0 amide bonds. The van der Waals surface area contributed by atoms with Crippen molar-refractivity contribution < 1.29 is 4.74 Å². The van der Waals surface area contributed by atoms with E-state index in [2.05, 4.69) is 20.5 Å². The maximum Gasteiger partial charge on any atom is 0.227 e. The van der Waals surface area contributed by atoms with Crippen molar-refractivity contribution in [1.29, 1.82) is 0 Å². The maximum absolute atomic E-state index is 6.29. The van der Waals surface area contributed by atoms with E-state index in [4.69, 9.17) is 20.4 Å². The molecule has 4 N–H and O–H groups in total. The third-order valence-electron chi connectivity index (χ3n) is 5.50. The Hall–Kier alpha value is -4.40. The third kappa shape index (κ3) is 3.84. The van der Waals surface area contributed by atoms with Crippen LogP contribution in [0.4, 0.5) is 11.8 Å². The summed E-state index contributed by atoms with van der Waals surface area (Å²) in [4.78, 5) is 13.9. The summed E-state index contributed by atoms with van der Waals surface area (Å²) in [5.74, 6) is 2.29. The van der Waals surface area contributed by atoms with E-state index in [1.54, 1.807) is 13.3 Å². The molecule has 0 fully saturated rings. The van der Waals surface area contributed by atoms with E-state index in [1.807, 2.05) is 66.1 Å². The number of nitrogens with zero attached hydrogens (tertiary/aromatic N) is 5. The fourth-order valence-corrected chi connectivity index (χ4v) is 3.81. The average molecular weight is 441 g/mol. The molecule has 9 nitrogen and oxygen atoms in total. The maximum atomic E-state index is 6.29. The summed E-state index contributed by atoms with van der Waals surface area (Å²) >= 11 is 0. The van der Waals surface area contributed by atoms with Crippen LogP contribution in [0.25, 0.3) is 33.8 Å². The Morgan fingerprint density at radius 2 is 1.82 bits per heavy atom. The molecule has 3 aromatic heterocycles. The van der Waals surface area contributed by atoms with Crippen molar-refractivity contribution in [2.75, 3.05) is 18.2 Å². The Morgan fingerprint density at radius 3 is 2.55 bits per heavy atom. The number of aryl methyl sites for hydroxylation is 1. The van der Waals surface area contributed by atoms with E-state index < -0.39 is 0 Å². The normalized spacial score (nSPS) is 11.1. The highest BCUT2D eigenvalue weighted by molar-refractivity contribution is 5.88. The van der Waals surface area contributed by atoms with Gasteiger partial charge in [0.1, 0.15) is 11.4 Å². The number of imidazole rings is 1. The molecule has 0 aliphatic heterocycles. The second-order valence-electron chi connectivity index (χ2n) is 7.51. The molecule has 5 rings (SSSR count). The summed E-state index contributed by atoms with van der Waals surface area (Å²) in [6, 6.07) is 17.9. The molecule has 0 spiro atoms. The number of methoxy groups -OCH3 is 1. The van der Waals surface area contributed by atoms with Crippen LogP contribution in [-0.4, -0.2) is 36.8 Å². The van der Waals surface area contributed by atoms with Crippen LogP contribution in [0.2, 0.25) is 0 Å². The highest BCUT2D eigenvalue weighted by Crippen LogP contribution is 2.33. The molecule has 2 aromatic carbocycles. The second-order valence-corrected chi connectivity index (χ2v) is 7.51. The van der Waals surface area contributed by atoms with Crippen molar-refractivity contribution in [1.82, 2.24) is 29.7 Å². The quantitative estimate of drug-likeness (QED) is 0.348. The lowest BCUT2D eigenvalue weighted by atomic mass is 10.1. The molecule has 0 saturated carbocycles. The van der Waals surface area contributed by atoms with Gasteiger partial charge in [-0.2, -0.15) is 15.1 Å². The Morgan fingerprint density at radius 1 is 1.03 bits per heavy atom. The predicted molar refractivity (Wildman–Crippen MR) is 129 cm³/mol. The molecule has 0 atom stereocenters. The molecule has 0 aliphatic rings. The van der Waals surface area contributed by atoms with E-state index >= 15 is 0 Å². The molecule has 166 valence electrons. The van der Waals surface area contributed by atoms with Gasteiger partial charge in [0.05, 0.1) is 13.3 Å². The molecule has 3 heterocycles. The van der Waals surface area contributed by atoms with Crippen LogP contribution in [0.5, 0.6) is 5.75 Å².